The molecule has 2 aromatic rings. The van der Waals surface area contributed by atoms with Gasteiger partial charge in [0.1, 0.15) is 6.10 Å². The van der Waals surface area contributed by atoms with Gasteiger partial charge in [0, 0.05) is 51.3 Å². The standard InChI is InChI=1S/C20H28N4O3/c1-26-9-2-8-24-18-11-15(3-4-16(18)12-22-24)14-23(17-5-6-17)20(25)19-13-21-7-10-27-19/h3-4,11-12,17,19,21H,2,5-10,13-14H2,1H3/t19-/m1/s1. The van der Waals surface area contributed by atoms with Gasteiger partial charge in [-0.15, -0.1) is 0 Å². The summed E-state index contributed by atoms with van der Waals surface area (Å²) in [6.45, 7) is 4.20. The fourth-order valence-electron chi connectivity index (χ4n) is 3.63. The number of benzene rings is 1. The molecule has 1 aromatic heterocycles. The Bertz CT molecular complexity index is 781. The molecule has 2 aliphatic rings. The van der Waals surface area contributed by atoms with Crippen molar-refractivity contribution in [2.45, 2.75) is 44.5 Å². The third-order valence-corrected chi connectivity index (χ3v) is 5.25. The van der Waals surface area contributed by atoms with E-state index in [2.05, 4.69) is 28.6 Å². The summed E-state index contributed by atoms with van der Waals surface area (Å²) < 4.78 is 12.9. The quantitative estimate of drug-likeness (QED) is 0.712. The minimum Gasteiger partial charge on any atom is -0.385 e. The first-order valence-corrected chi connectivity index (χ1v) is 9.82. The van der Waals surface area contributed by atoms with Crippen molar-refractivity contribution in [3.8, 4) is 0 Å². The second-order valence-electron chi connectivity index (χ2n) is 7.37. The summed E-state index contributed by atoms with van der Waals surface area (Å²) >= 11 is 0. The van der Waals surface area contributed by atoms with Crippen LogP contribution in [0.2, 0.25) is 0 Å². The SMILES string of the molecule is COCCCn1ncc2ccc(CN(C(=O)[C@H]3CNCCO3)C3CC3)cc21. The number of aromatic nitrogens is 2. The van der Waals surface area contributed by atoms with Crippen molar-refractivity contribution >= 4 is 16.8 Å². The number of hydrogen-bond acceptors (Lipinski definition) is 5. The van der Waals surface area contributed by atoms with Crippen LogP contribution in [0.25, 0.3) is 10.9 Å². The lowest BCUT2D eigenvalue weighted by Gasteiger charge is -2.30. The molecule has 1 saturated heterocycles. The van der Waals surface area contributed by atoms with Crippen LogP contribution >= 0.6 is 0 Å². The van der Waals surface area contributed by atoms with Gasteiger partial charge < -0.3 is 19.7 Å². The first-order chi connectivity index (χ1) is 13.3. The molecule has 1 atom stereocenters. The second-order valence-corrected chi connectivity index (χ2v) is 7.37. The normalized spacial score (nSPS) is 20.1. The summed E-state index contributed by atoms with van der Waals surface area (Å²) in [7, 11) is 1.72. The monoisotopic (exact) mass is 372 g/mol. The molecule has 2 fully saturated rings. The van der Waals surface area contributed by atoms with Crippen LogP contribution in [0.1, 0.15) is 24.8 Å². The molecule has 1 N–H and O–H groups in total. The van der Waals surface area contributed by atoms with Gasteiger partial charge in [-0.05, 0) is 30.9 Å². The smallest absolute Gasteiger partial charge is 0.253 e. The van der Waals surface area contributed by atoms with Crippen LogP contribution in [0.3, 0.4) is 0 Å². The number of nitrogens with one attached hydrogen (secondary N) is 1. The number of amides is 1. The Morgan fingerprint density at radius 1 is 1.44 bits per heavy atom. The van der Waals surface area contributed by atoms with Crippen LogP contribution in [0.15, 0.2) is 24.4 Å². The van der Waals surface area contributed by atoms with Gasteiger partial charge in [-0.3, -0.25) is 9.48 Å². The lowest BCUT2D eigenvalue weighted by atomic mass is 10.1. The molecule has 1 aromatic carbocycles. The van der Waals surface area contributed by atoms with E-state index in [9.17, 15) is 4.79 Å². The van der Waals surface area contributed by atoms with Crippen LogP contribution in [-0.2, 0) is 27.4 Å². The predicted octanol–water partition coefficient (Wildman–Crippen LogP) is 1.55. The Balaban J connectivity index is 1.50. The molecular formula is C20H28N4O3. The highest BCUT2D eigenvalue weighted by atomic mass is 16.5. The molecule has 0 spiro atoms. The molecule has 1 saturated carbocycles. The van der Waals surface area contributed by atoms with Gasteiger partial charge in [-0.1, -0.05) is 12.1 Å². The fourth-order valence-corrected chi connectivity index (χ4v) is 3.63. The Morgan fingerprint density at radius 3 is 3.07 bits per heavy atom. The van der Waals surface area contributed by atoms with Crippen molar-refractivity contribution in [1.29, 1.82) is 0 Å². The van der Waals surface area contributed by atoms with E-state index in [4.69, 9.17) is 9.47 Å². The van der Waals surface area contributed by atoms with E-state index in [1.807, 2.05) is 15.8 Å². The minimum atomic E-state index is -0.359. The van der Waals surface area contributed by atoms with E-state index in [0.717, 1.165) is 55.4 Å². The molecular weight excluding hydrogens is 344 g/mol. The Hall–Kier alpha value is -1.96. The van der Waals surface area contributed by atoms with E-state index in [1.165, 1.54) is 0 Å². The van der Waals surface area contributed by atoms with Crippen molar-refractivity contribution < 1.29 is 14.3 Å². The summed E-state index contributed by atoms with van der Waals surface area (Å²) in [5.41, 5.74) is 2.25. The van der Waals surface area contributed by atoms with Gasteiger partial charge in [0.25, 0.3) is 5.91 Å². The van der Waals surface area contributed by atoms with Gasteiger partial charge in [-0.25, -0.2) is 0 Å². The molecule has 1 aliphatic carbocycles. The number of hydrogen-bond donors (Lipinski definition) is 1. The maximum absolute atomic E-state index is 13.0. The average molecular weight is 372 g/mol. The van der Waals surface area contributed by atoms with Crippen LogP contribution in [0, 0.1) is 0 Å². The largest absolute Gasteiger partial charge is 0.385 e. The van der Waals surface area contributed by atoms with Gasteiger partial charge in [0.05, 0.1) is 18.3 Å². The molecule has 0 bridgehead atoms. The first kappa shape index (κ1) is 18.4. The number of carbonyl (C=O) groups is 1. The average Bonchev–Trinajstić information content (AvgIpc) is 3.47. The summed E-state index contributed by atoms with van der Waals surface area (Å²) in [6, 6.07) is 6.72. The van der Waals surface area contributed by atoms with Crippen molar-refractivity contribution in [3.63, 3.8) is 0 Å². The molecule has 7 heteroatoms. The highest BCUT2D eigenvalue weighted by molar-refractivity contribution is 5.82. The van der Waals surface area contributed by atoms with Crippen LogP contribution in [0.5, 0.6) is 0 Å². The number of aryl methyl sites for hydroxylation is 1. The minimum absolute atomic E-state index is 0.110. The van der Waals surface area contributed by atoms with Gasteiger partial charge in [0.2, 0.25) is 0 Å². The Labute approximate surface area is 159 Å². The topological polar surface area (TPSA) is 68.6 Å². The number of morpholine rings is 1. The summed E-state index contributed by atoms with van der Waals surface area (Å²) in [6.07, 6.45) is 4.64. The lowest BCUT2D eigenvalue weighted by molar-refractivity contribution is -0.146. The highest BCUT2D eigenvalue weighted by Crippen LogP contribution is 2.30. The van der Waals surface area contributed by atoms with Crippen molar-refractivity contribution in [2.75, 3.05) is 33.4 Å². The molecule has 146 valence electrons. The fraction of sp³-hybridized carbons (Fsp3) is 0.600. The van der Waals surface area contributed by atoms with E-state index < -0.39 is 0 Å². The van der Waals surface area contributed by atoms with Crippen molar-refractivity contribution in [3.05, 3.63) is 30.0 Å². The Morgan fingerprint density at radius 2 is 2.33 bits per heavy atom. The lowest BCUT2D eigenvalue weighted by Crippen LogP contribution is -2.49. The number of fused-ring (bicyclic) bond motifs is 1. The second kappa shape index (κ2) is 8.37. The van der Waals surface area contributed by atoms with Gasteiger partial charge in [-0.2, -0.15) is 5.10 Å². The molecule has 27 heavy (non-hydrogen) atoms. The molecule has 1 amide bonds. The van der Waals surface area contributed by atoms with Gasteiger partial charge >= 0.3 is 0 Å². The number of ether oxygens (including phenoxy) is 2. The zero-order valence-electron chi connectivity index (χ0n) is 15.9. The maximum atomic E-state index is 13.0. The van der Waals surface area contributed by atoms with Gasteiger partial charge in [0.15, 0.2) is 0 Å². The summed E-state index contributed by atoms with van der Waals surface area (Å²) in [5.74, 6) is 0.110. The predicted molar refractivity (Wildman–Crippen MR) is 102 cm³/mol. The highest BCUT2D eigenvalue weighted by Gasteiger charge is 2.36. The van der Waals surface area contributed by atoms with Crippen LogP contribution < -0.4 is 5.32 Å². The molecule has 4 rings (SSSR count). The first-order valence-electron chi connectivity index (χ1n) is 9.82. The maximum Gasteiger partial charge on any atom is 0.253 e. The number of carbonyl (C=O) groups excluding carboxylic acids is 1. The molecule has 2 heterocycles. The molecule has 0 radical (unpaired) electrons. The zero-order chi connectivity index (χ0) is 18.6. The molecule has 1 aliphatic heterocycles. The van der Waals surface area contributed by atoms with E-state index in [1.54, 1.807) is 7.11 Å². The number of nitrogens with zero attached hydrogens (tertiary/aromatic N) is 3. The number of rotatable bonds is 8. The third kappa shape index (κ3) is 4.31. The zero-order valence-corrected chi connectivity index (χ0v) is 15.9. The molecule has 0 unspecified atom stereocenters. The van der Waals surface area contributed by atoms with E-state index >= 15 is 0 Å². The third-order valence-electron chi connectivity index (χ3n) is 5.25. The van der Waals surface area contributed by atoms with E-state index in [0.29, 0.717) is 25.7 Å². The summed E-state index contributed by atoms with van der Waals surface area (Å²) in [5, 5.41) is 8.87. The van der Waals surface area contributed by atoms with Crippen molar-refractivity contribution in [1.82, 2.24) is 20.0 Å². The van der Waals surface area contributed by atoms with Crippen molar-refractivity contribution in [2.24, 2.45) is 0 Å². The van der Waals surface area contributed by atoms with E-state index in [-0.39, 0.29) is 12.0 Å². The van der Waals surface area contributed by atoms with Crippen LogP contribution in [-0.4, -0.2) is 66.1 Å². The summed E-state index contributed by atoms with van der Waals surface area (Å²) in [4.78, 5) is 15.0. The van der Waals surface area contributed by atoms with Crippen LogP contribution in [0.4, 0.5) is 0 Å². The number of methoxy groups -OCH3 is 1. The Kier molecular flexibility index (Phi) is 5.71. The molecule has 7 nitrogen and oxygen atoms in total.